The van der Waals surface area contributed by atoms with Gasteiger partial charge in [0.15, 0.2) is 0 Å². The van der Waals surface area contributed by atoms with Crippen molar-refractivity contribution in [3.8, 4) is 16.9 Å². The first-order valence-corrected chi connectivity index (χ1v) is 13.6. The molecule has 1 aliphatic heterocycles. The number of benzene rings is 3. The fraction of sp³-hybridized carbons (Fsp3) is 0.345. The Morgan fingerprint density at radius 1 is 0.973 bits per heavy atom. The molecule has 2 unspecified atom stereocenters. The van der Waals surface area contributed by atoms with Crippen LogP contribution in [0.4, 0.5) is 5.69 Å². The lowest BCUT2D eigenvalue weighted by atomic mass is 9.88. The molecule has 1 aliphatic rings. The van der Waals surface area contributed by atoms with Crippen LogP contribution < -0.4 is 9.04 Å². The first kappa shape index (κ1) is 26.9. The number of rotatable bonds is 10. The smallest absolute Gasteiger partial charge is 0.329 e. The third kappa shape index (κ3) is 6.77. The molecule has 1 fully saturated rings. The first-order valence-electron chi connectivity index (χ1n) is 12.5. The summed E-state index contributed by atoms with van der Waals surface area (Å²) in [6, 6.07) is 24.6. The zero-order valence-corrected chi connectivity index (χ0v) is 22.1. The molecule has 7 nitrogen and oxygen atoms in total. The maximum atomic E-state index is 12.9. The van der Waals surface area contributed by atoms with E-state index in [1.807, 2.05) is 42.5 Å². The zero-order valence-electron chi connectivity index (χ0n) is 21.3. The van der Waals surface area contributed by atoms with E-state index in [0.717, 1.165) is 55.8 Å². The van der Waals surface area contributed by atoms with Crippen LogP contribution in [0.15, 0.2) is 78.9 Å². The van der Waals surface area contributed by atoms with E-state index in [4.69, 9.17) is 9.47 Å². The van der Waals surface area contributed by atoms with Gasteiger partial charge in [-0.05, 0) is 79.2 Å². The Morgan fingerprint density at radius 3 is 2.11 bits per heavy atom. The van der Waals surface area contributed by atoms with E-state index in [9.17, 15) is 13.6 Å². The number of hydrogen-bond acceptors (Lipinski definition) is 5. The van der Waals surface area contributed by atoms with E-state index < -0.39 is 23.3 Å². The molecule has 4 rings (SSSR count). The highest BCUT2D eigenvalue weighted by atomic mass is 32.2. The fourth-order valence-electron chi connectivity index (χ4n) is 4.96. The van der Waals surface area contributed by atoms with Gasteiger partial charge in [0.05, 0.1) is 19.9 Å². The van der Waals surface area contributed by atoms with Crippen molar-refractivity contribution in [2.75, 3.05) is 38.2 Å². The number of anilines is 1. The highest BCUT2D eigenvalue weighted by molar-refractivity contribution is 7.80. The highest BCUT2D eigenvalue weighted by Gasteiger charge is 2.39. The molecule has 0 amide bonds. The molecule has 196 valence electrons. The molecule has 0 bridgehead atoms. The van der Waals surface area contributed by atoms with E-state index in [0.29, 0.717) is 5.69 Å². The van der Waals surface area contributed by atoms with Gasteiger partial charge in [-0.2, -0.15) is 0 Å². The molecule has 1 heterocycles. The van der Waals surface area contributed by atoms with Gasteiger partial charge in [0.1, 0.15) is 11.8 Å². The molecule has 1 N–H and O–H groups in total. The molecule has 37 heavy (non-hydrogen) atoms. The number of methoxy groups -OCH3 is 2. The molecular formula is C29H34N2O5S. The van der Waals surface area contributed by atoms with Crippen molar-refractivity contribution in [2.45, 2.75) is 25.3 Å². The van der Waals surface area contributed by atoms with E-state index in [-0.39, 0.29) is 5.92 Å². The van der Waals surface area contributed by atoms with Crippen molar-refractivity contribution < 1.29 is 23.0 Å². The van der Waals surface area contributed by atoms with Gasteiger partial charge < -0.3 is 14.4 Å². The number of carbonyl (C=O) groups is 1. The van der Waals surface area contributed by atoms with Gasteiger partial charge in [-0.15, -0.1) is 0 Å². The normalized spacial score (nSPS) is 16.1. The van der Waals surface area contributed by atoms with Crippen LogP contribution in [0.3, 0.4) is 0 Å². The number of ether oxygens (including phenoxy) is 2. The van der Waals surface area contributed by atoms with Crippen LogP contribution >= 0.6 is 0 Å². The number of carbonyl (C=O) groups excluding carboxylic acids is 1. The van der Waals surface area contributed by atoms with Gasteiger partial charge in [-0.1, -0.05) is 54.6 Å². The summed E-state index contributed by atoms with van der Waals surface area (Å²) >= 11 is -2.40. The average Bonchev–Trinajstić information content (AvgIpc) is 2.95. The summed E-state index contributed by atoms with van der Waals surface area (Å²) in [6.45, 7) is 2.60. The molecule has 1 saturated heterocycles. The fourth-order valence-corrected chi connectivity index (χ4v) is 5.71. The lowest BCUT2D eigenvalue weighted by Gasteiger charge is -2.38. The molecule has 0 aromatic heterocycles. The van der Waals surface area contributed by atoms with Crippen molar-refractivity contribution in [1.82, 2.24) is 4.90 Å². The van der Waals surface area contributed by atoms with E-state index in [1.54, 1.807) is 19.2 Å². The van der Waals surface area contributed by atoms with E-state index >= 15 is 0 Å². The second-order valence-electron chi connectivity index (χ2n) is 9.21. The molecule has 0 spiro atoms. The Bertz CT molecular complexity index is 1160. The monoisotopic (exact) mass is 522 g/mol. The third-order valence-corrected chi connectivity index (χ3v) is 7.82. The minimum absolute atomic E-state index is 0.0993. The number of likely N-dealkylation sites (tertiary alicyclic amines) is 1. The van der Waals surface area contributed by atoms with Crippen LogP contribution in [-0.4, -0.2) is 59.5 Å². The maximum Gasteiger partial charge on any atom is 0.329 e. The molecule has 0 aliphatic carbocycles. The van der Waals surface area contributed by atoms with Crippen LogP contribution in [0.5, 0.6) is 5.75 Å². The lowest BCUT2D eigenvalue weighted by molar-refractivity contribution is -0.143. The summed E-state index contributed by atoms with van der Waals surface area (Å²) in [6.07, 6.45) is 2.46. The van der Waals surface area contributed by atoms with Gasteiger partial charge in [0.25, 0.3) is 11.3 Å². The van der Waals surface area contributed by atoms with Crippen molar-refractivity contribution in [3.63, 3.8) is 0 Å². The summed E-state index contributed by atoms with van der Waals surface area (Å²) < 4.78 is 34.5. The Morgan fingerprint density at radius 2 is 1.57 bits per heavy atom. The zero-order chi connectivity index (χ0) is 26.2. The largest absolute Gasteiger partial charge is 0.497 e. The Kier molecular flexibility index (Phi) is 9.33. The maximum absolute atomic E-state index is 12.9. The minimum Gasteiger partial charge on any atom is -0.497 e. The lowest BCUT2D eigenvalue weighted by Crippen LogP contribution is -2.51. The predicted molar refractivity (Wildman–Crippen MR) is 147 cm³/mol. The Balaban J connectivity index is 1.47. The van der Waals surface area contributed by atoms with Crippen LogP contribution in [0.1, 0.15) is 18.4 Å². The average molecular weight is 523 g/mol. The van der Waals surface area contributed by atoms with Crippen molar-refractivity contribution in [3.05, 3.63) is 84.4 Å². The summed E-state index contributed by atoms with van der Waals surface area (Å²) in [5.74, 6) is 0.177. The predicted octanol–water partition coefficient (Wildman–Crippen LogP) is 4.80. The van der Waals surface area contributed by atoms with Crippen LogP contribution in [-0.2, 0) is 27.2 Å². The standard InChI is InChI=1S/C29H34N2O5S/c1-35-27-14-10-24(11-15-27)23-8-12-26(13-9-23)31(37(33)34)28(29(32)36-2)25-17-20-30(21-18-25)19-16-22-6-4-3-5-7-22/h3-15,25,28H,16-21H2,1-2H3,(H,33,34). The molecule has 8 heteroatoms. The van der Waals surface area contributed by atoms with Crippen molar-refractivity contribution >= 4 is 22.9 Å². The summed E-state index contributed by atoms with van der Waals surface area (Å²) in [4.78, 5) is 15.3. The quantitative estimate of drug-likeness (QED) is 0.304. The van der Waals surface area contributed by atoms with Crippen LogP contribution in [0, 0.1) is 5.92 Å². The van der Waals surface area contributed by atoms with Gasteiger partial charge in [0, 0.05) is 6.54 Å². The van der Waals surface area contributed by atoms with E-state index in [2.05, 4.69) is 29.2 Å². The molecular weight excluding hydrogens is 488 g/mol. The Hall–Kier alpha value is -3.20. The highest BCUT2D eigenvalue weighted by Crippen LogP contribution is 2.32. The minimum atomic E-state index is -2.40. The summed E-state index contributed by atoms with van der Waals surface area (Å²) in [5.41, 5.74) is 3.75. The molecule has 0 radical (unpaired) electrons. The van der Waals surface area contributed by atoms with Crippen LogP contribution in [0.25, 0.3) is 11.1 Å². The molecule has 3 aromatic carbocycles. The topological polar surface area (TPSA) is 79.3 Å². The Labute approximate surface area is 221 Å². The molecule has 3 aromatic rings. The second kappa shape index (κ2) is 12.9. The molecule has 2 atom stereocenters. The SMILES string of the molecule is COC(=O)C(C1CCN(CCc2ccccc2)CC1)N(c1ccc(-c2ccc(OC)cc2)cc1)S(=O)O. The van der Waals surface area contributed by atoms with Crippen LogP contribution in [0.2, 0.25) is 0 Å². The van der Waals surface area contributed by atoms with Gasteiger partial charge in [-0.25, -0.2) is 9.00 Å². The summed E-state index contributed by atoms with van der Waals surface area (Å²) in [7, 11) is 2.95. The number of hydrogen-bond donors (Lipinski definition) is 1. The second-order valence-corrected chi connectivity index (χ2v) is 10.1. The number of piperidine rings is 1. The molecule has 0 saturated carbocycles. The number of esters is 1. The van der Waals surface area contributed by atoms with Gasteiger partial charge in [0.2, 0.25) is 0 Å². The number of nitrogens with zero attached hydrogens (tertiary/aromatic N) is 2. The van der Waals surface area contributed by atoms with E-state index in [1.165, 1.54) is 17.0 Å². The van der Waals surface area contributed by atoms with Crippen molar-refractivity contribution in [1.29, 1.82) is 0 Å². The van der Waals surface area contributed by atoms with Crippen molar-refractivity contribution in [2.24, 2.45) is 5.92 Å². The third-order valence-electron chi connectivity index (χ3n) is 7.05. The first-order chi connectivity index (χ1) is 18.0. The van der Waals surface area contributed by atoms with Gasteiger partial charge >= 0.3 is 5.97 Å². The summed E-state index contributed by atoms with van der Waals surface area (Å²) in [5, 5.41) is 0. The van der Waals surface area contributed by atoms with Gasteiger partial charge in [-0.3, -0.25) is 8.86 Å².